The van der Waals surface area contributed by atoms with Gasteiger partial charge in [0.25, 0.3) is 5.91 Å². The second kappa shape index (κ2) is 6.73. The Labute approximate surface area is 126 Å². The Morgan fingerprint density at radius 3 is 2.60 bits per heavy atom. The van der Waals surface area contributed by atoms with Gasteiger partial charge in [-0.15, -0.1) is 0 Å². The van der Waals surface area contributed by atoms with Crippen LogP contribution in [-0.2, 0) is 6.42 Å². The van der Waals surface area contributed by atoms with Crippen LogP contribution in [-0.4, -0.2) is 12.5 Å². The highest BCUT2D eigenvalue weighted by Gasteiger charge is 2.10. The van der Waals surface area contributed by atoms with E-state index in [0.717, 1.165) is 5.56 Å². The molecule has 0 radical (unpaired) electrons. The van der Waals surface area contributed by atoms with Crippen molar-refractivity contribution in [2.45, 2.75) is 6.42 Å². The topological polar surface area (TPSA) is 29.1 Å². The standard InChI is InChI=1S/C15H12Cl2FNO/c16-11-6-5-10(13(17)9-11)7-8-19-15(20)12-3-1-2-4-14(12)18/h1-6,9H,7-8H2,(H,19,20). The Morgan fingerprint density at radius 1 is 1.15 bits per heavy atom. The first-order valence-corrected chi connectivity index (χ1v) is 6.80. The fourth-order valence-electron chi connectivity index (χ4n) is 1.78. The first kappa shape index (κ1) is 14.8. The molecule has 2 rings (SSSR count). The predicted molar refractivity (Wildman–Crippen MR) is 78.9 cm³/mol. The number of benzene rings is 2. The van der Waals surface area contributed by atoms with Crippen LogP contribution in [0.3, 0.4) is 0 Å². The molecule has 2 aromatic rings. The largest absolute Gasteiger partial charge is 0.352 e. The SMILES string of the molecule is O=C(NCCc1ccc(Cl)cc1Cl)c1ccccc1F. The highest BCUT2D eigenvalue weighted by molar-refractivity contribution is 6.35. The maximum absolute atomic E-state index is 13.4. The molecular formula is C15H12Cl2FNO. The number of carbonyl (C=O) groups excluding carboxylic acids is 1. The Balaban J connectivity index is 1.93. The molecule has 0 aromatic heterocycles. The molecule has 0 heterocycles. The van der Waals surface area contributed by atoms with E-state index < -0.39 is 11.7 Å². The predicted octanol–water partition coefficient (Wildman–Crippen LogP) is 4.11. The molecule has 20 heavy (non-hydrogen) atoms. The fourth-order valence-corrected chi connectivity index (χ4v) is 2.28. The van der Waals surface area contributed by atoms with Crippen molar-refractivity contribution < 1.29 is 9.18 Å². The summed E-state index contributed by atoms with van der Waals surface area (Å²) in [5.74, 6) is -0.970. The van der Waals surface area contributed by atoms with E-state index in [-0.39, 0.29) is 5.56 Å². The van der Waals surface area contributed by atoms with Gasteiger partial charge in [0, 0.05) is 16.6 Å². The number of hydrogen-bond donors (Lipinski definition) is 1. The van der Waals surface area contributed by atoms with Crippen molar-refractivity contribution in [3.05, 3.63) is 69.5 Å². The van der Waals surface area contributed by atoms with Crippen LogP contribution >= 0.6 is 23.2 Å². The van der Waals surface area contributed by atoms with Crippen molar-refractivity contribution in [1.82, 2.24) is 5.32 Å². The van der Waals surface area contributed by atoms with Gasteiger partial charge in [-0.2, -0.15) is 0 Å². The van der Waals surface area contributed by atoms with Gasteiger partial charge in [0.1, 0.15) is 5.82 Å². The van der Waals surface area contributed by atoms with Gasteiger partial charge in [0.15, 0.2) is 0 Å². The summed E-state index contributed by atoms with van der Waals surface area (Å²) in [7, 11) is 0. The zero-order chi connectivity index (χ0) is 14.5. The molecule has 0 unspecified atom stereocenters. The van der Waals surface area contributed by atoms with Crippen LogP contribution in [0.15, 0.2) is 42.5 Å². The lowest BCUT2D eigenvalue weighted by Crippen LogP contribution is -2.26. The first-order chi connectivity index (χ1) is 9.58. The number of halogens is 3. The van der Waals surface area contributed by atoms with E-state index in [4.69, 9.17) is 23.2 Å². The van der Waals surface area contributed by atoms with Crippen molar-refractivity contribution in [2.75, 3.05) is 6.54 Å². The molecular weight excluding hydrogens is 300 g/mol. The lowest BCUT2D eigenvalue weighted by atomic mass is 10.1. The minimum atomic E-state index is -0.533. The van der Waals surface area contributed by atoms with Gasteiger partial charge in [-0.3, -0.25) is 4.79 Å². The molecule has 0 aliphatic rings. The summed E-state index contributed by atoms with van der Waals surface area (Å²) < 4.78 is 13.4. The summed E-state index contributed by atoms with van der Waals surface area (Å²) in [5.41, 5.74) is 0.916. The molecule has 2 aromatic carbocycles. The zero-order valence-corrected chi connectivity index (χ0v) is 12.0. The Hall–Kier alpha value is -1.58. The Bertz CT molecular complexity index is 631. The molecule has 104 valence electrons. The van der Waals surface area contributed by atoms with E-state index >= 15 is 0 Å². The van der Waals surface area contributed by atoms with Crippen molar-refractivity contribution in [2.24, 2.45) is 0 Å². The van der Waals surface area contributed by atoms with Crippen LogP contribution in [0, 0.1) is 5.82 Å². The van der Waals surface area contributed by atoms with Crippen molar-refractivity contribution in [1.29, 1.82) is 0 Å². The van der Waals surface area contributed by atoms with E-state index in [2.05, 4.69) is 5.32 Å². The minimum absolute atomic E-state index is 0.0368. The summed E-state index contributed by atoms with van der Waals surface area (Å²) >= 11 is 11.8. The van der Waals surface area contributed by atoms with Crippen molar-refractivity contribution in [3.8, 4) is 0 Å². The molecule has 0 aliphatic carbocycles. The fraction of sp³-hybridized carbons (Fsp3) is 0.133. The molecule has 0 spiro atoms. The summed E-state index contributed by atoms with van der Waals surface area (Å²) in [6.07, 6.45) is 0.552. The average molecular weight is 312 g/mol. The third-order valence-corrected chi connectivity index (χ3v) is 3.40. The van der Waals surface area contributed by atoms with Gasteiger partial charge in [0.05, 0.1) is 5.56 Å². The van der Waals surface area contributed by atoms with Crippen molar-refractivity contribution in [3.63, 3.8) is 0 Å². The molecule has 0 saturated carbocycles. The van der Waals surface area contributed by atoms with E-state index in [0.29, 0.717) is 23.0 Å². The van der Waals surface area contributed by atoms with Gasteiger partial charge in [0.2, 0.25) is 0 Å². The Morgan fingerprint density at radius 2 is 1.90 bits per heavy atom. The highest BCUT2D eigenvalue weighted by atomic mass is 35.5. The number of amides is 1. The normalized spacial score (nSPS) is 10.3. The number of rotatable bonds is 4. The molecule has 1 N–H and O–H groups in total. The molecule has 0 saturated heterocycles. The third-order valence-electron chi connectivity index (χ3n) is 2.81. The van der Waals surface area contributed by atoms with E-state index in [9.17, 15) is 9.18 Å². The number of carbonyl (C=O) groups is 1. The van der Waals surface area contributed by atoms with Gasteiger partial charge in [-0.05, 0) is 36.2 Å². The van der Waals surface area contributed by atoms with E-state index in [1.54, 1.807) is 30.3 Å². The maximum atomic E-state index is 13.4. The second-order valence-corrected chi connectivity index (χ2v) is 5.07. The maximum Gasteiger partial charge on any atom is 0.254 e. The lowest BCUT2D eigenvalue weighted by molar-refractivity contribution is 0.0950. The lowest BCUT2D eigenvalue weighted by Gasteiger charge is -2.07. The summed E-state index contributed by atoms with van der Waals surface area (Å²) in [4.78, 5) is 11.8. The summed E-state index contributed by atoms with van der Waals surface area (Å²) in [6.45, 7) is 0.370. The van der Waals surface area contributed by atoms with Crippen LogP contribution in [0.1, 0.15) is 15.9 Å². The third kappa shape index (κ3) is 3.71. The monoisotopic (exact) mass is 311 g/mol. The summed E-state index contributed by atoms with van der Waals surface area (Å²) in [6, 6.07) is 11.1. The van der Waals surface area contributed by atoms with Gasteiger partial charge >= 0.3 is 0 Å². The van der Waals surface area contributed by atoms with Crippen molar-refractivity contribution >= 4 is 29.1 Å². The van der Waals surface area contributed by atoms with Gasteiger partial charge in [-0.1, -0.05) is 41.4 Å². The van der Waals surface area contributed by atoms with Crippen LogP contribution in [0.2, 0.25) is 10.0 Å². The Kier molecular flexibility index (Phi) is 4.99. The minimum Gasteiger partial charge on any atom is -0.352 e. The first-order valence-electron chi connectivity index (χ1n) is 6.04. The van der Waals surface area contributed by atoms with Crippen LogP contribution in [0.25, 0.3) is 0 Å². The van der Waals surface area contributed by atoms with E-state index in [1.807, 2.05) is 0 Å². The quantitative estimate of drug-likeness (QED) is 0.904. The molecule has 0 fully saturated rings. The average Bonchev–Trinajstić information content (AvgIpc) is 2.41. The second-order valence-electron chi connectivity index (χ2n) is 4.22. The van der Waals surface area contributed by atoms with Gasteiger partial charge in [-0.25, -0.2) is 4.39 Å². The van der Waals surface area contributed by atoms with Crippen LogP contribution in [0.4, 0.5) is 4.39 Å². The van der Waals surface area contributed by atoms with Gasteiger partial charge < -0.3 is 5.32 Å². The van der Waals surface area contributed by atoms with Crippen LogP contribution in [0.5, 0.6) is 0 Å². The highest BCUT2D eigenvalue weighted by Crippen LogP contribution is 2.21. The zero-order valence-electron chi connectivity index (χ0n) is 10.5. The smallest absolute Gasteiger partial charge is 0.254 e. The molecule has 0 bridgehead atoms. The number of nitrogens with one attached hydrogen (secondary N) is 1. The summed E-state index contributed by atoms with van der Waals surface area (Å²) in [5, 5.41) is 3.78. The molecule has 1 amide bonds. The van der Waals surface area contributed by atoms with E-state index in [1.165, 1.54) is 12.1 Å². The number of hydrogen-bond acceptors (Lipinski definition) is 1. The van der Waals surface area contributed by atoms with Crippen LogP contribution < -0.4 is 5.32 Å². The molecule has 0 aliphatic heterocycles. The molecule has 5 heteroatoms. The molecule has 0 atom stereocenters. The molecule has 2 nitrogen and oxygen atoms in total.